The molecule has 0 aromatic carbocycles. The van der Waals surface area contributed by atoms with Crippen molar-refractivity contribution in [1.29, 1.82) is 0 Å². The maximum absolute atomic E-state index is 12.6. The zero-order chi connectivity index (χ0) is 14.1. The zero-order valence-corrected chi connectivity index (χ0v) is 13.3. The molecule has 0 unspecified atom stereocenters. The number of piperidine rings is 2. The third-order valence-corrected chi connectivity index (χ3v) is 7.79. The number of hydrogen-bond acceptors (Lipinski definition) is 3. The maximum atomic E-state index is 12.6. The Morgan fingerprint density at radius 2 is 1.60 bits per heavy atom. The van der Waals surface area contributed by atoms with Crippen molar-refractivity contribution >= 4 is 10.0 Å². The highest BCUT2D eigenvalue weighted by Gasteiger charge is 2.40. The quantitative estimate of drug-likeness (QED) is 0.867. The Morgan fingerprint density at radius 3 is 2.20 bits per heavy atom. The van der Waals surface area contributed by atoms with Gasteiger partial charge in [-0.05, 0) is 62.9 Å². The molecule has 2 aliphatic heterocycles. The molecule has 0 aromatic heterocycles. The van der Waals surface area contributed by atoms with E-state index >= 15 is 0 Å². The molecule has 2 saturated heterocycles. The molecule has 0 atom stereocenters. The molecule has 1 aliphatic carbocycles. The van der Waals surface area contributed by atoms with E-state index in [0.717, 1.165) is 51.9 Å². The molecule has 20 heavy (non-hydrogen) atoms. The summed E-state index contributed by atoms with van der Waals surface area (Å²) in [6.45, 7) is 3.49. The molecule has 0 amide bonds. The number of hydrogen-bond donors (Lipinski definition) is 1. The summed E-state index contributed by atoms with van der Waals surface area (Å²) in [6.07, 6.45) is 9.57. The van der Waals surface area contributed by atoms with Crippen LogP contribution in [0.4, 0.5) is 0 Å². The summed E-state index contributed by atoms with van der Waals surface area (Å²) in [5, 5.41) is 3.30. The fourth-order valence-electron chi connectivity index (χ4n) is 4.32. The van der Waals surface area contributed by atoms with Crippen LogP contribution in [0.15, 0.2) is 0 Å². The molecule has 0 radical (unpaired) electrons. The molecule has 3 fully saturated rings. The van der Waals surface area contributed by atoms with Crippen LogP contribution in [-0.4, -0.2) is 44.7 Å². The fourth-order valence-corrected chi connectivity index (χ4v) is 6.19. The first-order valence-electron chi connectivity index (χ1n) is 8.28. The number of sulfonamides is 1. The SMILES string of the molecule is O=S(=O)(CC1CCNCC1)N1CCC2(CCCC2)CC1. The lowest BCUT2D eigenvalue weighted by molar-refractivity contribution is 0.160. The third-order valence-electron chi connectivity index (χ3n) is 5.75. The summed E-state index contributed by atoms with van der Waals surface area (Å²) >= 11 is 0. The summed E-state index contributed by atoms with van der Waals surface area (Å²) in [7, 11) is -3.02. The lowest BCUT2D eigenvalue weighted by Gasteiger charge is -2.39. The first-order chi connectivity index (χ1) is 9.60. The van der Waals surface area contributed by atoms with Gasteiger partial charge in [0.15, 0.2) is 0 Å². The van der Waals surface area contributed by atoms with E-state index in [2.05, 4.69) is 5.32 Å². The Labute approximate surface area is 123 Å². The van der Waals surface area contributed by atoms with E-state index in [0.29, 0.717) is 17.1 Å². The van der Waals surface area contributed by atoms with E-state index in [4.69, 9.17) is 0 Å². The van der Waals surface area contributed by atoms with Gasteiger partial charge in [0, 0.05) is 13.1 Å². The molecule has 5 heteroatoms. The van der Waals surface area contributed by atoms with Crippen LogP contribution < -0.4 is 5.32 Å². The van der Waals surface area contributed by atoms with Crippen LogP contribution in [0.5, 0.6) is 0 Å². The van der Waals surface area contributed by atoms with E-state index in [1.165, 1.54) is 25.7 Å². The van der Waals surface area contributed by atoms with Gasteiger partial charge in [0.25, 0.3) is 0 Å². The molecule has 2 heterocycles. The Bertz CT molecular complexity index is 413. The van der Waals surface area contributed by atoms with E-state index in [1.807, 2.05) is 0 Å². The summed E-state index contributed by atoms with van der Waals surface area (Å²) in [5.74, 6) is 0.741. The predicted molar refractivity (Wildman–Crippen MR) is 81.1 cm³/mol. The molecule has 3 rings (SSSR count). The van der Waals surface area contributed by atoms with Crippen LogP contribution in [0.2, 0.25) is 0 Å². The lowest BCUT2D eigenvalue weighted by atomic mass is 9.78. The number of nitrogens with one attached hydrogen (secondary N) is 1. The molecule has 1 spiro atoms. The highest BCUT2D eigenvalue weighted by molar-refractivity contribution is 7.89. The van der Waals surface area contributed by atoms with Gasteiger partial charge in [0.2, 0.25) is 10.0 Å². The molecule has 0 bridgehead atoms. The normalized spacial score (nSPS) is 29.0. The first-order valence-corrected chi connectivity index (χ1v) is 9.89. The average molecular weight is 300 g/mol. The smallest absolute Gasteiger partial charge is 0.214 e. The second-order valence-electron chi connectivity index (χ2n) is 7.08. The van der Waals surface area contributed by atoms with Crippen LogP contribution in [-0.2, 0) is 10.0 Å². The van der Waals surface area contributed by atoms with Gasteiger partial charge in [0.05, 0.1) is 5.75 Å². The Hall–Kier alpha value is -0.130. The Kier molecular flexibility index (Phi) is 4.39. The van der Waals surface area contributed by atoms with Crippen LogP contribution in [0, 0.1) is 11.3 Å². The molecule has 0 aromatic rings. The van der Waals surface area contributed by atoms with Crippen LogP contribution in [0.3, 0.4) is 0 Å². The van der Waals surface area contributed by atoms with Crippen LogP contribution in [0.1, 0.15) is 51.4 Å². The molecule has 4 nitrogen and oxygen atoms in total. The standard InChI is InChI=1S/C15H28N2O2S/c18-20(19,13-14-3-9-16-10-4-14)17-11-7-15(8-12-17)5-1-2-6-15/h14,16H,1-13H2. The van der Waals surface area contributed by atoms with E-state index in [1.54, 1.807) is 4.31 Å². The minimum absolute atomic E-state index is 0.364. The van der Waals surface area contributed by atoms with Crippen molar-refractivity contribution in [2.45, 2.75) is 51.4 Å². The molecular weight excluding hydrogens is 272 g/mol. The predicted octanol–water partition coefficient (Wildman–Crippen LogP) is 1.97. The maximum Gasteiger partial charge on any atom is 0.214 e. The van der Waals surface area contributed by atoms with Gasteiger partial charge in [-0.25, -0.2) is 12.7 Å². The Morgan fingerprint density at radius 1 is 1.00 bits per heavy atom. The topological polar surface area (TPSA) is 49.4 Å². The van der Waals surface area contributed by atoms with E-state index in [-0.39, 0.29) is 0 Å². The second kappa shape index (κ2) is 5.93. The summed E-state index contributed by atoms with van der Waals surface area (Å²) in [4.78, 5) is 0. The van der Waals surface area contributed by atoms with Crippen molar-refractivity contribution in [3.05, 3.63) is 0 Å². The fraction of sp³-hybridized carbons (Fsp3) is 1.00. The summed E-state index contributed by atoms with van der Waals surface area (Å²) < 4.78 is 26.9. The van der Waals surface area contributed by atoms with Crippen molar-refractivity contribution in [3.63, 3.8) is 0 Å². The number of nitrogens with zero attached hydrogens (tertiary/aromatic N) is 1. The van der Waals surface area contributed by atoms with Gasteiger partial charge in [-0.15, -0.1) is 0 Å². The highest BCUT2D eigenvalue weighted by atomic mass is 32.2. The van der Waals surface area contributed by atoms with E-state index in [9.17, 15) is 8.42 Å². The van der Waals surface area contributed by atoms with Crippen molar-refractivity contribution in [2.24, 2.45) is 11.3 Å². The van der Waals surface area contributed by atoms with Crippen molar-refractivity contribution in [1.82, 2.24) is 9.62 Å². The molecular formula is C15H28N2O2S. The van der Waals surface area contributed by atoms with Gasteiger partial charge in [-0.1, -0.05) is 12.8 Å². The highest BCUT2D eigenvalue weighted by Crippen LogP contribution is 2.46. The van der Waals surface area contributed by atoms with Crippen molar-refractivity contribution < 1.29 is 8.42 Å². The minimum Gasteiger partial charge on any atom is -0.317 e. The minimum atomic E-state index is -3.02. The van der Waals surface area contributed by atoms with Gasteiger partial charge in [-0.3, -0.25) is 0 Å². The monoisotopic (exact) mass is 300 g/mol. The van der Waals surface area contributed by atoms with Crippen LogP contribution >= 0.6 is 0 Å². The summed E-state index contributed by atoms with van der Waals surface area (Å²) in [5.41, 5.74) is 0.501. The van der Waals surface area contributed by atoms with E-state index < -0.39 is 10.0 Å². The lowest BCUT2D eigenvalue weighted by Crippen LogP contribution is -2.44. The average Bonchev–Trinajstić information content (AvgIpc) is 2.88. The van der Waals surface area contributed by atoms with Crippen molar-refractivity contribution in [2.75, 3.05) is 31.9 Å². The number of rotatable bonds is 3. The molecule has 3 aliphatic rings. The molecule has 1 saturated carbocycles. The first kappa shape index (κ1) is 14.8. The van der Waals surface area contributed by atoms with Crippen LogP contribution in [0.25, 0.3) is 0 Å². The van der Waals surface area contributed by atoms with Crippen molar-refractivity contribution in [3.8, 4) is 0 Å². The zero-order valence-electron chi connectivity index (χ0n) is 12.4. The van der Waals surface area contributed by atoms with Gasteiger partial charge >= 0.3 is 0 Å². The van der Waals surface area contributed by atoms with Gasteiger partial charge in [-0.2, -0.15) is 0 Å². The van der Waals surface area contributed by atoms with Gasteiger partial charge in [0.1, 0.15) is 0 Å². The second-order valence-corrected chi connectivity index (χ2v) is 9.09. The Balaban J connectivity index is 1.55. The summed E-state index contributed by atoms with van der Waals surface area (Å²) in [6, 6.07) is 0. The molecule has 1 N–H and O–H groups in total. The van der Waals surface area contributed by atoms with Gasteiger partial charge < -0.3 is 5.32 Å². The largest absolute Gasteiger partial charge is 0.317 e. The third kappa shape index (κ3) is 3.20. The molecule has 116 valence electrons.